The fourth-order valence-corrected chi connectivity index (χ4v) is 1.26. The average Bonchev–Trinajstić information content (AvgIpc) is 1.94. The summed E-state index contributed by atoms with van der Waals surface area (Å²) in [5, 5.41) is 18.4. The summed E-state index contributed by atoms with van der Waals surface area (Å²) in [4.78, 5) is 0. The summed E-state index contributed by atoms with van der Waals surface area (Å²) in [6, 6.07) is 0. The van der Waals surface area contributed by atoms with Crippen molar-refractivity contribution in [1.29, 1.82) is 0 Å². The molecule has 1 rings (SSSR count). The van der Waals surface area contributed by atoms with Gasteiger partial charge in [-0.05, 0) is 5.92 Å². The van der Waals surface area contributed by atoms with Gasteiger partial charge in [0, 0.05) is 6.42 Å². The van der Waals surface area contributed by atoms with Crippen LogP contribution < -0.4 is 0 Å². The first-order chi connectivity index (χ1) is 5.11. The number of aliphatic hydroxyl groups is 2. The SMILES string of the molecule is CC(C)[C@H]1C[C@@H](O)C(O)CO1. The third-order valence-corrected chi connectivity index (χ3v) is 2.14. The lowest BCUT2D eigenvalue weighted by Crippen LogP contribution is -2.42. The lowest BCUT2D eigenvalue weighted by molar-refractivity contribution is -0.132. The predicted molar refractivity (Wildman–Crippen MR) is 41.2 cm³/mol. The average molecular weight is 160 g/mol. The normalized spacial score (nSPS) is 39.5. The molecule has 1 unspecified atom stereocenters. The summed E-state index contributed by atoms with van der Waals surface area (Å²) in [5.41, 5.74) is 0. The minimum Gasteiger partial charge on any atom is -0.390 e. The summed E-state index contributed by atoms with van der Waals surface area (Å²) in [5.74, 6) is 0.414. The first-order valence-electron chi connectivity index (χ1n) is 4.09. The van der Waals surface area contributed by atoms with E-state index in [-0.39, 0.29) is 12.7 Å². The lowest BCUT2D eigenvalue weighted by Gasteiger charge is -2.32. The Hall–Kier alpha value is -0.120. The number of hydrogen-bond donors (Lipinski definition) is 2. The smallest absolute Gasteiger partial charge is 0.103 e. The van der Waals surface area contributed by atoms with Crippen LogP contribution in [0.4, 0.5) is 0 Å². The highest BCUT2D eigenvalue weighted by atomic mass is 16.5. The standard InChI is InChI=1S/C8H16O3/c1-5(2)8-3-6(9)7(10)4-11-8/h5-10H,3-4H2,1-2H3/t6-,7?,8-/m1/s1. The Morgan fingerprint density at radius 3 is 2.36 bits per heavy atom. The molecule has 0 radical (unpaired) electrons. The van der Waals surface area contributed by atoms with Gasteiger partial charge < -0.3 is 14.9 Å². The molecule has 1 fully saturated rings. The van der Waals surface area contributed by atoms with Crippen LogP contribution in [0, 0.1) is 5.92 Å². The Labute approximate surface area is 67.0 Å². The molecule has 66 valence electrons. The zero-order chi connectivity index (χ0) is 8.43. The van der Waals surface area contributed by atoms with Crippen molar-refractivity contribution in [2.75, 3.05) is 6.61 Å². The number of ether oxygens (including phenoxy) is 1. The number of rotatable bonds is 1. The molecule has 1 saturated heterocycles. The van der Waals surface area contributed by atoms with E-state index in [0.717, 1.165) is 0 Å². The van der Waals surface area contributed by atoms with Crippen molar-refractivity contribution in [3.05, 3.63) is 0 Å². The van der Waals surface area contributed by atoms with Gasteiger partial charge in [0.15, 0.2) is 0 Å². The van der Waals surface area contributed by atoms with Crippen molar-refractivity contribution >= 4 is 0 Å². The van der Waals surface area contributed by atoms with Gasteiger partial charge >= 0.3 is 0 Å². The minimum absolute atomic E-state index is 0.105. The monoisotopic (exact) mass is 160 g/mol. The summed E-state index contributed by atoms with van der Waals surface area (Å²) >= 11 is 0. The lowest BCUT2D eigenvalue weighted by atomic mass is 9.96. The van der Waals surface area contributed by atoms with Gasteiger partial charge in [0.2, 0.25) is 0 Å². The summed E-state index contributed by atoms with van der Waals surface area (Å²) in [6.07, 6.45) is -0.631. The Balaban J connectivity index is 2.40. The van der Waals surface area contributed by atoms with Crippen LogP contribution in [0.2, 0.25) is 0 Å². The molecule has 0 aromatic heterocycles. The molecular weight excluding hydrogens is 144 g/mol. The molecule has 0 amide bonds. The Bertz CT molecular complexity index is 125. The molecule has 0 spiro atoms. The van der Waals surface area contributed by atoms with E-state index < -0.39 is 12.2 Å². The van der Waals surface area contributed by atoms with Gasteiger partial charge in [0.1, 0.15) is 6.10 Å². The van der Waals surface area contributed by atoms with Crippen LogP contribution in [-0.4, -0.2) is 35.1 Å². The zero-order valence-corrected chi connectivity index (χ0v) is 7.03. The summed E-state index contributed by atoms with van der Waals surface area (Å²) in [7, 11) is 0. The van der Waals surface area contributed by atoms with Crippen LogP contribution >= 0.6 is 0 Å². The topological polar surface area (TPSA) is 49.7 Å². The molecule has 0 aliphatic carbocycles. The Morgan fingerprint density at radius 1 is 1.27 bits per heavy atom. The van der Waals surface area contributed by atoms with Gasteiger partial charge in [-0.2, -0.15) is 0 Å². The maximum Gasteiger partial charge on any atom is 0.103 e. The van der Waals surface area contributed by atoms with Crippen LogP contribution in [0.3, 0.4) is 0 Å². The van der Waals surface area contributed by atoms with Crippen molar-refractivity contribution < 1.29 is 14.9 Å². The van der Waals surface area contributed by atoms with Crippen molar-refractivity contribution in [1.82, 2.24) is 0 Å². The van der Waals surface area contributed by atoms with Gasteiger partial charge in [0.25, 0.3) is 0 Å². The molecule has 3 atom stereocenters. The Morgan fingerprint density at radius 2 is 1.91 bits per heavy atom. The van der Waals surface area contributed by atoms with E-state index in [1.165, 1.54) is 0 Å². The molecular formula is C8H16O3. The molecule has 3 nitrogen and oxygen atoms in total. The molecule has 0 aromatic carbocycles. The largest absolute Gasteiger partial charge is 0.390 e. The van der Waals surface area contributed by atoms with Crippen LogP contribution in [-0.2, 0) is 4.74 Å². The molecule has 1 aliphatic rings. The quantitative estimate of drug-likeness (QED) is 0.574. The summed E-state index contributed by atoms with van der Waals surface area (Å²) in [6.45, 7) is 4.37. The van der Waals surface area contributed by atoms with Crippen molar-refractivity contribution in [3.8, 4) is 0 Å². The molecule has 0 saturated carbocycles. The zero-order valence-electron chi connectivity index (χ0n) is 7.03. The molecule has 11 heavy (non-hydrogen) atoms. The maximum absolute atomic E-state index is 9.27. The highest BCUT2D eigenvalue weighted by molar-refractivity contribution is 4.78. The van der Waals surface area contributed by atoms with Crippen molar-refractivity contribution in [2.45, 2.75) is 38.6 Å². The van der Waals surface area contributed by atoms with Crippen LogP contribution in [0.15, 0.2) is 0 Å². The second kappa shape index (κ2) is 3.52. The van der Waals surface area contributed by atoms with E-state index >= 15 is 0 Å². The highest BCUT2D eigenvalue weighted by Gasteiger charge is 2.29. The Kier molecular flexibility index (Phi) is 2.87. The van der Waals surface area contributed by atoms with E-state index in [2.05, 4.69) is 13.8 Å². The third-order valence-electron chi connectivity index (χ3n) is 2.14. The number of hydrogen-bond acceptors (Lipinski definition) is 3. The molecule has 2 N–H and O–H groups in total. The van der Waals surface area contributed by atoms with Crippen LogP contribution in [0.25, 0.3) is 0 Å². The first kappa shape index (κ1) is 8.97. The van der Waals surface area contributed by atoms with Gasteiger partial charge in [-0.15, -0.1) is 0 Å². The van der Waals surface area contributed by atoms with Crippen LogP contribution in [0.5, 0.6) is 0 Å². The van der Waals surface area contributed by atoms with Gasteiger partial charge in [0.05, 0.1) is 18.8 Å². The first-order valence-corrected chi connectivity index (χ1v) is 4.09. The van der Waals surface area contributed by atoms with Crippen molar-refractivity contribution in [3.63, 3.8) is 0 Å². The molecule has 1 heterocycles. The third kappa shape index (κ3) is 2.15. The number of aliphatic hydroxyl groups excluding tert-OH is 2. The van der Waals surface area contributed by atoms with Crippen molar-refractivity contribution in [2.24, 2.45) is 5.92 Å². The van der Waals surface area contributed by atoms with E-state index in [0.29, 0.717) is 12.3 Å². The van der Waals surface area contributed by atoms with E-state index in [1.54, 1.807) is 0 Å². The molecule has 0 bridgehead atoms. The van der Waals surface area contributed by atoms with Gasteiger partial charge in [-0.25, -0.2) is 0 Å². The van der Waals surface area contributed by atoms with Gasteiger partial charge in [-0.1, -0.05) is 13.8 Å². The second-order valence-corrected chi connectivity index (χ2v) is 3.49. The fourth-order valence-electron chi connectivity index (χ4n) is 1.26. The fraction of sp³-hybridized carbons (Fsp3) is 1.00. The van der Waals surface area contributed by atoms with E-state index in [1.807, 2.05) is 0 Å². The minimum atomic E-state index is -0.690. The second-order valence-electron chi connectivity index (χ2n) is 3.49. The predicted octanol–water partition coefficient (Wildman–Crippen LogP) is 0.153. The van der Waals surface area contributed by atoms with E-state index in [9.17, 15) is 5.11 Å². The van der Waals surface area contributed by atoms with E-state index in [4.69, 9.17) is 9.84 Å². The van der Waals surface area contributed by atoms with Crippen LogP contribution in [0.1, 0.15) is 20.3 Å². The van der Waals surface area contributed by atoms with Gasteiger partial charge in [-0.3, -0.25) is 0 Å². The molecule has 3 heteroatoms. The highest BCUT2D eigenvalue weighted by Crippen LogP contribution is 2.20. The maximum atomic E-state index is 9.27. The molecule has 0 aromatic rings. The summed E-state index contributed by atoms with van der Waals surface area (Å²) < 4.78 is 5.31. The molecule has 1 aliphatic heterocycles.